The summed E-state index contributed by atoms with van der Waals surface area (Å²) in [5.74, 6) is 0.735. The van der Waals surface area contributed by atoms with Crippen LogP contribution in [0.5, 0.6) is 0 Å². The fourth-order valence-electron chi connectivity index (χ4n) is 2.04. The van der Waals surface area contributed by atoms with Crippen molar-refractivity contribution in [2.75, 3.05) is 19.6 Å². The molecule has 0 aliphatic carbocycles. The molecule has 0 aromatic rings. The summed E-state index contributed by atoms with van der Waals surface area (Å²) >= 11 is 0. The largest absolute Gasteiger partial charge is 0.311 e. The molecular formula is C16H36N2. The second kappa shape index (κ2) is 6.91. The molecule has 0 rings (SSSR count). The van der Waals surface area contributed by atoms with Gasteiger partial charge in [0.25, 0.3) is 0 Å². The molecule has 0 aliphatic rings. The molecule has 1 N–H and O–H groups in total. The van der Waals surface area contributed by atoms with E-state index in [1.807, 2.05) is 0 Å². The van der Waals surface area contributed by atoms with Crippen molar-refractivity contribution in [2.45, 2.75) is 73.9 Å². The molecule has 0 bridgehead atoms. The van der Waals surface area contributed by atoms with Crippen molar-refractivity contribution in [1.29, 1.82) is 0 Å². The van der Waals surface area contributed by atoms with Crippen molar-refractivity contribution in [3.05, 3.63) is 0 Å². The molecule has 18 heavy (non-hydrogen) atoms. The Labute approximate surface area is 116 Å². The van der Waals surface area contributed by atoms with Gasteiger partial charge in [0.2, 0.25) is 0 Å². The van der Waals surface area contributed by atoms with Crippen LogP contribution in [-0.2, 0) is 0 Å². The second-order valence-corrected chi connectivity index (χ2v) is 8.18. The lowest BCUT2D eigenvalue weighted by molar-refractivity contribution is 0.123. The monoisotopic (exact) mass is 256 g/mol. The molecule has 0 spiro atoms. The van der Waals surface area contributed by atoms with Crippen LogP contribution in [0.3, 0.4) is 0 Å². The highest BCUT2D eigenvalue weighted by Crippen LogP contribution is 2.19. The molecule has 0 heterocycles. The minimum Gasteiger partial charge on any atom is -0.311 e. The predicted molar refractivity (Wildman–Crippen MR) is 83.1 cm³/mol. The molecule has 0 fully saturated rings. The number of nitrogens with one attached hydrogen (secondary N) is 1. The van der Waals surface area contributed by atoms with Crippen LogP contribution in [0.4, 0.5) is 0 Å². The highest BCUT2D eigenvalue weighted by molar-refractivity contribution is 4.82. The maximum atomic E-state index is 3.63. The van der Waals surface area contributed by atoms with Crippen LogP contribution in [0.2, 0.25) is 0 Å². The van der Waals surface area contributed by atoms with Gasteiger partial charge in [-0.05, 0) is 46.0 Å². The van der Waals surface area contributed by atoms with Crippen molar-refractivity contribution in [2.24, 2.45) is 11.3 Å². The zero-order chi connectivity index (χ0) is 14.6. The van der Waals surface area contributed by atoms with Crippen molar-refractivity contribution < 1.29 is 0 Å². The molecule has 0 aliphatic heterocycles. The first kappa shape index (κ1) is 17.9. The number of hydrogen-bond acceptors (Lipinski definition) is 2. The molecule has 0 radical (unpaired) electrons. The Morgan fingerprint density at radius 3 is 1.78 bits per heavy atom. The average Bonchev–Trinajstić information content (AvgIpc) is 2.11. The summed E-state index contributed by atoms with van der Waals surface area (Å²) in [6.45, 7) is 24.0. The van der Waals surface area contributed by atoms with Crippen LogP contribution >= 0.6 is 0 Å². The minimum absolute atomic E-state index is 0.206. The lowest BCUT2D eigenvalue weighted by Gasteiger charge is -2.38. The van der Waals surface area contributed by atoms with Crippen molar-refractivity contribution in [3.63, 3.8) is 0 Å². The van der Waals surface area contributed by atoms with Crippen LogP contribution in [0.15, 0.2) is 0 Å². The molecule has 0 saturated heterocycles. The van der Waals surface area contributed by atoms with Gasteiger partial charge < -0.3 is 10.2 Å². The predicted octanol–water partition coefficient (Wildman–Crippen LogP) is 3.77. The zero-order valence-corrected chi connectivity index (χ0v) is 14.2. The third-order valence-corrected chi connectivity index (χ3v) is 3.06. The Bertz CT molecular complexity index is 224. The van der Waals surface area contributed by atoms with Crippen LogP contribution < -0.4 is 5.32 Å². The van der Waals surface area contributed by atoms with Crippen LogP contribution in [0, 0.1) is 11.3 Å². The third kappa shape index (κ3) is 8.93. The normalized spacial score (nSPS) is 14.0. The van der Waals surface area contributed by atoms with Gasteiger partial charge in [-0.1, -0.05) is 27.7 Å². The van der Waals surface area contributed by atoms with Crippen molar-refractivity contribution >= 4 is 0 Å². The van der Waals surface area contributed by atoms with Gasteiger partial charge in [-0.25, -0.2) is 0 Å². The quantitative estimate of drug-likeness (QED) is 0.746. The Hall–Kier alpha value is -0.0800. The summed E-state index contributed by atoms with van der Waals surface area (Å²) in [6.07, 6.45) is 0. The smallest absolute Gasteiger partial charge is 0.00967 e. The zero-order valence-electron chi connectivity index (χ0n) is 14.2. The van der Waals surface area contributed by atoms with E-state index in [-0.39, 0.29) is 5.54 Å². The van der Waals surface area contributed by atoms with E-state index in [1.165, 1.54) is 6.54 Å². The fraction of sp³-hybridized carbons (Fsp3) is 1.00. The first-order chi connectivity index (χ1) is 7.93. The van der Waals surface area contributed by atoms with E-state index in [1.54, 1.807) is 0 Å². The second-order valence-electron chi connectivity index (χ2n) is 8.18. The summed E-state index contributed by atoms with van der Waals surface area (Å²) in [7, 11) is 0. The SMILES string of the molecule is CC(C)CN(CC(C)(C)CNC(C)(C)C)C(C)C. The number of rotatable bonds is 7. The fourth-order valence-corrected chi connectivity index (χ4v) is 2.04. The van der Waals surface area contributed by atoms with Crippen molar-refractivity contribution in [1.82, 2.24) is 10.2 Å². The molecule has 2 nitrogen and oxygen atoms in total. The Kier molecular flexibility index (Phi) is 6.87. The Morgan fingerprint density at radius 1 is 0.944 bits per heavy atom. The molecule has 110 valence electrons. The van der Waals surface area contributed by atoms with E-state index >= 15 is 0 Å². The molecule has 0 saturated carbocycles. The first-order valence-electron chi connectivity index (χ1n) is 7.42. The average molecular weight is 256 g/mol. The molecule has 0 amide bonds. The molecule has 0 atom stereocenters. The minimum atomic E-state index is 0.206. The van der Waals surface area contributed by atoms with Gasteiger partial charge in [-0.2, -0.15) is 0 Å². The summed E-state index contributed by atoms with van der Waals surface area (Å²) in [5, 5.41) is 3.63. The maximum Gasteiger partial charge on any atom is 0.00967 e. The van der Waals surface area contributed by atoms with Crippen molar-refractivity contribution in [3.8, 4) is 0 Å². The molecule has 0 aromatic heterocycles. The van der Waals surface area contributed by atoms with E-state index in [2.05, 4.69) is 72.5 Å². The Balaban J connectivity index is 4.41. The molecule has 0 unspecified atom stereocenters. The summed E-state index contributed by atoms with van der Waals surface area (Å²) in [4.78, 5) is 2.61. The van der Waals surface area contributed by atoms with Gasteiger partial charge in [0.15, 0.2) is 0 Å². The number of nitrogens with zero attached hydrogens (tertiary/aromatic N) is 1. The molecule has 2 heteroatoms. The van der Waals surface area contributed by atoms with E-state index in [0.29, 0.717) is 11.5 Å². The third-order valence-electron chi connectivity index (χ3n) is 3.06. The van der Waals surface area contributed by atoms with Gasteiger partial charge in [0.1, 0.15) is 0 Å². The first-order valence-corrected chi connectivity index (χ1v) is 7.42. The summed E-state index contributed by atoms with van der Waals surface area (Å²) in [5.41, 5.74) is 0.518. The lowest BCUT2D eigenvalue weighted by atomic mass is 9.90. The van der Waals surface area contributed by atoms with Gasteiger partial charge in [0, 0.05) is 31.2 Å². The van der Waals surface area contributed by atoms with Gasteiger partial charge in [-0.3, -0.25) is 0 Å². The van der Waals surface area contributed by atoms with E-state index < -0.39 is 0 Å². The van der Waals surface area contributed by atoms with Crippen LogP contribution in [0.25, 0.3) is 0 Å². The maximum absolute atomic E-state index is 3.63. The topological polar surface area (TPSA) is 15.3 Å². The van der Waals surface area contributed by atoms with E-state index in [0.717, 1.165) is 19.0 Å². The summed E-state index contributed by atoms with van der Waals surface area (Å²) in [6, 6.07) is 0.626. The van der Waals surface area contributed by atoms with Gasteiger partial charge >= 0.3 is 0 Å². The molecular weight excluding hydrogens is 220 g/mol. The van der Waals surface area contributed by atoms with E-state index in [4.69, 9.17) is 0 Å². The molecule has 0 aromatic carbocycles. The van der Waals surface area contributed by atoms with Gasteiger partial charge in [-0.15, -0.1) is 0 Å². The lowest BCUT2D eigenvalue weighted by Crippen LogP contribution is -2.48. The van der Waals surface area contributed by atoms with E-state index in [9.17, 15) is 0 Å². The highest BCUT2D eigenvalue weighted by Gasteiger charge is 2.25. The van der Waals surface area contributed by atoms with Crippen LogP contribution in [-0.4, -0.2) is 36.1 Å². The summed E-state index contributed by atoms with van der Waals surface area (Å²) < 4.78 is 0. The van der Waals surface area contributed by atoms with Gasteiger partial charge in [0.05, 0.1) is 0 Å². The number of hydrogen-bond donors (Lipinski definition) is 1. The Morgan fingerprint density at radius 2 is 1.44 bits per heavy atom. The highest BCUT2D eigenvalue weighted by atomic mass is 15.2. The van der Waals surface area contributed by atoms with Crippen LogP contribution in [0.1, 0.15) is 62.3 Å². The standard InChI is InChI=1S/C16H36N2/c1-13(2)10-18(14(3)4)12-16(8,9)11-17-15(5,6)7/h13-14,17H,10-12H2,1-9H3.